The van der Waals surface area contributed by atoms with E-state index in [1.165, 1.54) is 0 Å². The van der Waals surface area contributed by atoms with Crippen molar-refractivity contribution in [2.45, 2.75) is 27.2 Å². The Morgan fingerprint density at radius 3 is 2.79 bits per heavy atom. The Morgan fingerprint density at radius 1 is 1.47 bits per heavy atom. The summed E-state index contributed by atoms with van der Waals surface area (Å²) in [6.45, 7) is 8.62. The van der Waals surface area contributed by atoms with Crippen molar-refractivity contribution in [3.63, 3.8) is 0 Å². The van der Waals surface area contributed by atoms with Gasteiger partial charge in [-0.05, 0) is 37.0 Å². The van der Waals surface area contributed by atoms with Gasteiger partial charge in [-0.25, -0.2) is 4.79 Å². The molecule has 4 heteroatoms. The summed E-state index contributed by atoms with van der Waals surface area (Å²) in [6, 6.07) is 5.35. The second-order valence-electron chi connectivity index (χ2n) is 5.83. The average molecular weight is 262 g/mol. The highest BCUT2D eigenvalue weighted by atomic mass is 16.5. The molecule has 2 N–H and O–H groups in total. The predicted molar refractivity (Wildman–Crippen MR) is 77.4 cm³/mol. The molecule has 19 heavy (non-hydrogen) atoms. The van der Waals surface area contributed by atoms with Crippen LogP contribution < -0.4 is 10.6 Å². The van der Waals surface area contributed by atoms with Crippen molar-refractivity contribution in [1.29, 1.82) is 0 Å². The lowest BCUT2D eigenvalue weighted by atomic mass is 9.93. The van der Waals surface area contributed by atoms with E-state index in [2.05, 4.69) is 18.7 Å². The number of benzene rings is 1. The summed E-state index contributed by atoms with van der Waals surface area (Å²) in [5.74, 6) is -0.290. The molecule has 0 aromatic heterocycles. The highest BCUT2D eigenvalue weighted by Gasteiger charge is 2.30. The van der Waals surface area contributed by atoms with E-state index in [9.17, 15) is 4.79 Å². The zero-order valence-corrected chi connectivity index (χ0v) is 11.9. The minimum Gasteiger partial charge on any atom is -0.462 e. The van der Waals surface area contributed by atoms with E-state index in [4.69, 9.17) is 10.5 Å². The van der Waals surface area contributed by atoms with E-state index in [-0.39, 0.29) is 5.97 Å². The number of nitrogens with zero attached hydrogens (tertiary/aromatic N) is 1. The molecule has 4 nitrogen and oxygen atoms in total. The van der Waals surface area contributed by atoms with E-state index >= 15 is 0 Å². The lowest BCUT2D eigenvalue weighted by molar-refractivity contribution is 0.0526. The van der Waals surface area contributed by atoms with Gasteiger partial charge in [0.15, 0.2) is 0 Å². The Labute approximate surface area is 114 Å². The van der Waals surface area contributed by atoms with Crippen molar-refractivity contribution < 1.29 is 9.53 Å². The molecular formula is C15H22N2O2. The summed E-state index contributed by atoms with van der Waals surface area (Å²) in [4.78, 5) is 14.0. The number of ether oxygens (including phenoxy) is 1. The van der Waals surface area contributed by atoms with Gasteiger partial charge in [0.2, 0.25) is 0 Å². The third-order valence-corrected chi connectivity index (χ3v) is 3.56. The monoisotopic (exact) mass is 262 g/mol. The highest BCUT2D eigenvalue weighted by Crippen LogP contribution is 2.35. The molecule has 104 valence electrons. The van der Waals surface area contributed by atoms with Crippen molar-refractivity contribution in [1.82, 2.24) is 0 Å². The molecule has 0 amide bonds. The first-order valence-corrected chi connectivity index (χ1v) is 6.74. The second-order valence-corrected chi connectivity index (χ2v) is 5.83. The predicted octanol–water partition coefficient (Wildman–Crippen LogP) is 2.68. The van der Waals surface area contributed by atoms with Gasteiger partial charge in [-0.1, -0.05) is 13.8 Å². The van der Waals surface area contributed by atoms with Crippen LogP contribution in [0.1, 0.15) is 37.6 Å². The molecule has 0 aliphatic carbocycles. The largest absolute Gasteiger partial charge is 0.462 e. The number of esters is 1. The molecule has 1 saturated heterocycles. The number of carbonyl (C=O) groups excluding carboxylic acids is 1. The Morgan fingerprint density at radius 2 is 2.21 bits per heavy atom. The number of anilines is 2. The number of hydrogen-bond acceptors (Lipinski definition) is 4. The summed E-state index contributed by atoms with van der Waals surface area (Å²) in [6.07, 6.45) is 1.13. The molecule has 0 saturated carbocycles. The fourth-order valence-corrected chi connectivity index (χ4v) is 2.48. The van der Waals surface area contributed by atoms with E-state index < -0.39 is 0 Å². The smallest absolute Gasteiger partial charge is 0.338 e. The molecule has 0 bridgehead atoms. The van der Waals surface area contributed by atoms with Gasteiger partial charge in [-0.2, -0.15) is 0 Å². The van der Waals surface area contributed by atoms with Crippen molar-refractivity contribution >= 4 is 17.3 Å². The van der Waals surface area contributed by atoms with Gasteiger partial charge in [-0.15, -0.1) is 0 Å². The van der Waals surface area contributed by atoms with Crippen LogP contribution in [0, 0.1) is 5.41 Å². The van der Waals surface area contributed by atoms with Gasteiger partial charge >= 0.3 is 5.97 Å². The van der Waals surface area contributed by atoms with Crippen LogP contribution in [0.25, 0.3) is 0 Å². The van der Waals surface area contributed by atoms with Crippen LogP contribution in [0.2, 0.25) is 0 Å². The fourth-order valence-electron chi connectivity index (χ4n) is 2.48. The summed E-state index contributed by atoms with van der Waals surface area (Å²) in [5, 5.41) is 0. The fraction of sp³-hybridized carbons (Fsp3) is 0.533. The molecule has 1 aromatic carbocycles. The van der Waals surface area contributed by atoms with Gasteiger partial charge in [0.25, 0.3) is 0 Å². The maximum Gasteiger partial charge on any atom is 0.338 e. The molecule has 0 atom stereocenters. The number of nitrogen functional groups attached to an aromatic ring is 1. The summed E-state index contributed by atoms with van der Waals surface area (Å²) >= 11 is 0. The lowest BCUT2D eigenvalue weighted by Gasteiger charge is -2.23. The zero-order chi connectivity index (χ0) is 14.0. The first-order valence-electron chi connectivity index (χ1n) is 6.74. The molecule has 1 aromatic rings. The minimum atomic E-state index is -0.290. The highest BCUT2D eigenvalue weighted by molar-refractivity contribution is 5.92. The van der Waals surface area contributed by atoms with Crippen molar-refractivity contribution in [2.75, 3.05) is 30.3 Å². The van der Waals surface area contributed by atoms with Gasteiger partial charge in [-0.3, -0.25) is 0 Å². The van der Waals surface area contributed by atoms with Gasteiger partial charge < -0.3 is 15.4 Å². The third-order valence-electron chi connectivity index (χ3n) is 3.56. The van der Waals surface area contributed by atoms with Crippen LogP contribution in [-0.2, 0) is 4.74 Å². The van der Waals surface area contributed by atoms with Crippen molar-refractivity contribution in [2.24, 2.45) is 5.41 Å². The van der Waals surface area contributed by atoms with Crippen molar-refractivity contribution in [3.8, 4) is 0 Å². The van der Waals surface area contributed by atoms with Crippen LogP contribution in [0.15, 0.2) is 18.2 Å². The molecule has 2 rings (SSSR count). The average Bonchev–Trinajstić information content (AvgIpc) is 2.70. The van der Waals surface area contributed by atoms with E-state index in [0.29, 0.717) is 23.3 Å². The molecule has 1 fully saturated rings. The summed E-state index contributed by atoms with van der Waals surface area (Å²) < 4.78 is 5.03. The number of carbonyl (C=O) groups is 1. The van der Waals surface area contributed by atoms with Gasteiger partial charge in [0.05, 0.1) is 23.5 Å². The molecule has 1 aliphatic rings. The first-order chi connectivity index (χ1) is 8.93. The van der Waals surface area contributed by atoms with E-state index in [1.54, 1.807) is 19.1 Å². The van der Waals surface area contributed by atoms with Crippen LogP contribution in [0.4, 0.5) is 11.4 Å². The second kappa shape index (κ2) is 5.11. The van der Waals surface area contributed by atoms with Crippen LogP contribution in [-0.4, -0.2) is 25.7 Å². The summed E-state index contributed by atoms with van der Waals surface area (Å²) in [7, 11) is 0. The maximum atomic E-state index is 11.8. The Bertz CT molecular complexity index is 483. The Balaban J connectivity index is 2.25. The third kappa shape index (κ3) is 3.00. The topological polar surface area (TPSA) is 55.6 Å². The van der Waals surface area contributed by atoms with Crippen LogP contribution >= 0.6 is 0 Å². The normalized spacial score (nSPS) is 17.5. The Hall–Kier alpha value is -1.71. The Kier molecular flexibility index (Phi) is 3.69. The van der Waals surface area contributed by atoms with E-state index in [1.807, 2.05) is 6.07 Å². The molecule has 0 spiro atoms. The van der Waals surface area contributed by atoms with E-state index in [0.717, 1.165) is 25.2 Å². The number of nitrogens with two attached hydrogens (primary N) is 1. The maximum absolute atomic E-state index is 11.8. The number of hydrogen-bond donors (Lipinski definition) is 1. The molecule has 0 unspecified atom stereocenters. The standard InChI is InChI=1S/C15H22N2O2/c1-4-19-14(18)11-5-6-12(16)13(9-11)17-8-7-15(2,3)10-17/h5-6,9H,4,7-8,10,16H2,1-3H3. The molecule has 1 aliphatic heterocycles. The van der Waals surface area contributed by atoms with Gasteiger partial charge in [0.1, 0.15) is 0 Å². The SMILES string of the molecule is CCOC(=O)c1ccc(N)c(N2CCC(C)(C)C2)c1. The molecular weight excluding hydrogens is 240 g/mol. The van der Waals surface area contributed by atoms with Gasteiger partial charge in [0, 0.05) is 13.1 Å². The minimum absolute atomic E-state index is 0.290. The quantitative estimate of drug-likeness (QED) is 0.672. The van der Waals surface area contributed by atoms with Crippen LogP contribution in [0.5, 0.6) is 0 Å². The zero-order valence-electron chi connectivity index (χ0n) is 11.9. The van der Waals surface area contributed by atoms with Crippen molar-refractivity contribution in [3.05, 3.63) is 23.8 Å². The van der Waals surface area contributed by atoms with Crippen LogP contribution in [0.3, 0.4) is 0 Å². The molecule has 0 radical (unpaired) electrons. The number of rotatable bonds is 3. The lowest BCUT2D eigenvalue weighted by Crippen LogP contribution is -2.24. The summed E-state index contributed by atoms with van der Waals surface area (Å²) in [5.41, 5.74) is 8.56. The molecule has 1 heterocycles. The first kappa shape index (κ1) is 13.7.